The van der Waals surface area contributed by atoms with E-state index in [1.54, 1.807) is 36.4 Å². The number of methoxy groups -OCH3 is 1. The van der Waals surface area contributed by atoms with Crippen molar-refractivity contribution in [3.63, 3.8) is 0 Å². The van der Waals surface area contributed by atoms with Crippen LogP contribution in [-0.2, 0) is 14.3 Å². The number of azide groups is 1. The molecule has 0 radical (unpaired) electrons. The van der Waals surface area contributed by atoms with Gasteiger partial charge in [0.25, 0.3) is 0 Å². The third-order valence-electron chi connectivity index (χ3n) is 3.38. The molecule has 2 N–H and O–H groups in total. The topological polar surface area (TPSA) is 116 Å². The normalized spacial score (nSPS) is 10.9. The Labute approximate surface area is 144 Å². The van der Waals surface area contributed by atoms with Crippen molar-refractivity contribution in [1.82, 2.24) is 5.32 Å². The van der Waals surface area contributed by atoms with Crippen molar-refractivity contribution in [2.45, 2.75) is 6.04 Å². The molecule has 2 aromatic rings. The second kappa shape index (κ2) is 8.95. The molecular formula is C17H17N5O3. The zero-order valence-corrected chi connectivity index (χ0v) is 13.5. The Morgan fingerprint density at radius 2 is 1.84 bits per heavy atom. The molecule has 1 unspecified atom stereocenters. The van der Waals surface area contributed by atoms with E-state index in [1.165, 1.54) is 7.11 Å². The van der Waals surface area contributed by atoms with Gasteiger partial charge in [0.1, 0.15) is 12.6 Å². The minimum Gasteiger partial charge on any atom is -0.468 e. The number of carbonyl (C=O) groups is 2. The molecule has 0 fully saturated rings. The van der Waals surface area contributed by atoms with E-state index in [9.17, 15) is 9.59 Å². The average molecular weight is 339 g/mol. The van der Waals surface area contributed by atoms with Crippen LogP contribution >= 0.6 is 0 Å². The van der Waals surface area contributed by atoms with Crippen LogP contribution in [0, 0.1) is 0 Å². The number of rotatable bonds is 7. The molecule has 0 aliphatic heterocycles. The Kier molecular flexibility index (Phi) is 6.39. The zero-order chi connectivity index (χ0) is 18.1. The summed E-state index contributed by atoms with van der Waals surface area (Å²) in [7, 11) is 1.24. The molecule has 1 atom stereocenters. The highest BCUT2D eigenvalue weighted by atomic mass is 16.5. The third-order valence-corrected chi connectivity index (χ3v) is 3.38. The van der Waals surface area contributed by atoms with E-state index in [0.29, 0.717) is 16.9 Å². The summed E-state index contributed by atoms with van der Waals surface area (Å²) in [6.07, 6.45) is 0. The van der Waals surface area contributed by atoms with Crippen molar-refractivity contribution in [2.24, 2.45) is 5.11 Å². The fourth-order valence-corrected chi connectivity index (χ4v) is 2.19. The first-order valence-corrected chi connectivity index (χ1v) is 7.46. The van der Waals surface area contributed by atoms with Crippen molar-refractivity contribution in [3.05, 3.63) is 70.6 Å². The van der Waals surface area contributed by atoms with Gasteiger partial charge in [-0.05, 0) is 23.2 Å². The first kappa shape index (κ1) is 17.8. The first-order valence-electron chi connectivity index (χ1n) is 7.46. The van der Waals surface area contributed by atoms with E-state index in [1.807, 2.05) is 18.2 Å². The van der Waals surface area contributed by atoms with Gasteiger partial charge in [0.05, 0.1) is 7.11 Å². The van der Waals surface area contributed by atoms with E-state index in [4.69, 9.17) is 5.53 Å². The summed E-state index contributed by atoms with van der Waals surface area (Å²) in [6.45, 7) is -0.258. The molecule has 128 valence electrons. The predicted octanol–water partition coefficient (Wildman–Crippen LogP) is 3.07. The molecule has 0 spiro atoms. The molecule has 0 aromatic heterocycles. The van der Waals surface area contributed by atoms with E-state index >= 15 is 0 Å². The number of nitrogens with zero attached hydrogens (tertiary/aromatic N) is 3. The summed E-state index contributed by atoms with van der Waals surface area (Å²) in [5.74, 6) is -1.01. The number of hydrogen-bond acceptors (Lipinski definition) is 5. The molecule has 1 amide bonds. The SMILES string of the molecule is COC(=O)CNC(=O)C(Nc1ccccc1)c1ccccc1N=[N+]=[N-]. The Morgan fingerprint density at radius 1 is 1.16 bits per heavy atom. The number of nitrogens with one attached hydrogen (secondary N) is 2. The third kappa shape index (κ3) is 4.98. The van der Waals surface area contributed by atoms with Gasteiger partial charge >= 0.3 is 5.97 Å². The van der Waals surface area contributed by atoms with Gasteiger partial charge in [-0.3, -0.25) is 9.59 Å². The molecule has 25 heavy (non-hydrogen) atoms. The summed E-state index contributed by atoms with van der Waals surface area (Å²) < 4.78 is 4.53. The number of para-hydroxylation sites is 1. The van der Waals surface area contributed by atoms with Crippen LogP contribution in [-0.4, -0.2) is 25.5 Å². The summed E-state index contributed by atoms with van der Waals surface area (Å²) in [6, 6.07) is 15.0. The van der Waals surface area contributed by atoms with E-state index in [0.717, 1.165) is 0 Å². The van der Waals surface area contributed by atoms with Crippen molar-refractivity contribution < 1.29 is 14.3 Å². The van der Waals surface area contributed by atoms with Crippen molar-refractivity contribution in [2.75, 3.05) is 19.0 Å². The van der Waals surface area contributed by atoms with E-state index < -0.39 is 17.9 Å². The van der Waals surface area contributed by atoms with Crippen molar-refractivity contribution in [3.8, 4) is 0 Å². The highest BCUT2D eigenvalue weighted by Gasteiger charge is 2.23. The maximum Gasteiger partial charge on any atom is 0.325 e. The second-order valence-corrected chi connectivity index (χ2v) is 4.99. The van der Waals surface area contributed by atoms with Gasteiger partial charge in [-0.1, -0.05) is 47.6 Å². The van der Waals surface area contributed by atoms with Gasteiger partial charge in [0.2, 0.25) is 5.91 Å². The van der Waals surface area contributed by atoms with Crippen LogP contribution in [0.25, 0.3) is 10.4 Å². The smallest absolute Gasteiger partial charge is 0.325 e. The molecule has 0 saturated heterocycles. The lowest BCUT2D eigenvalue weighted by Crippen LogP contribution is -2.37. The van der Waals surface area contributed by atoms with Crippen LogP contribution < -0.4 is 10.6 Å². The van der Waals surface area contributed by atoms with Crippen LogP contribution in [0.1, 0.15) is 11.6 Å². The van der Waals surface area contributed by atoms with Gasteiger partial charge in [-0.25, -0.2) is 0 Å². The standard InChI is InChI=1S/C17H17N5O3/c1-25-15(23)11-19-17(24)16(20-12-7-3-2-4-8-12)13-9-5-6-10-14(13)21-22-18/h2-10,16,20H,11H2,1H3,(H,19,24). The molecule has 0 heterocycles. The fourth-order valence-electron chi connectivity index (χ4n) is 2.19. The number of carbonyl (C=O) groups excluding carboxylic acids is 2. The lowest BCUT2D eigenvalue weighted by atomic mass is 10.0. The molecule has 0 saturated carbocycles. The number of hydrogen-bond donors (Lipinski definition) is 2. The minimum atomic E-state index is -0.853. The lowest BCUT2D eigenvalue weighted by Gasteiger charge is -2.21. The quantitative estimate of drug-likeness (QED) is 0.349. The highest BCUT2D eigenvalue weighted by molar-refractivity contribution is 5.90. The molecule has 8 heteroatoms. The Balaban J connectivity index is 2.33. The molecule has 2 aromatic carbocycles. The van der Waals surface area contributed by atoms with E-state index in [2.05, 4.69) is 25.4 Å². The van der Waals surface area contributed by atoms with Crippen LogP contribution in [0.3, 0.4) is 0 Å². The highest BCUT2D eigenvalue weighted by Crippen LogP contribution is 2.28. The number of amides is 1. The Bertz CT molecular complexity index is 788. The van der Waals surface area contributed by atoms with Gasteiger partial charge in [-0.2, -0.15) is 0 Å². The predicted molar refractivity (Wildman–Crippen MR) is 93.1 cm³/mol. The average Bonchev–Trinajstić information content (AvgIpc) is 2.65. The number of anilines is 1. The molecule has 0 aliphatic rings. The Hall–Kier alpha value is -3.51. The summed E-state index contributed by atoms with van der Waals surface area (Å²) in [5.41, 5.74) is 10.3. The molecule has 2 rings (SSSR count). The number of esters is 1. The minimum absolute atomic E-state index is 0.258. The largest absolute Gasteiger partial charge is 0.468 e. The summed E-state index contributed by atoms with van der Waals surface area (Å²) >= 11 is 0. The van der Waals surface area contributed by atoms with E-state index in [-0.39, 0.29) is 6.54 Å². The van der Waals surface area contributed by atoms with Crippen LogP contribution in [0.4, 0.5) is 11.4 Å². The molecule has 0 bridgehead atoms. The Morgan fingerprint density at radius 3 is 2.52 bits per heavy atom. The molecule has 0 aliphatic carbocycles. The summed E-state index contributed by atoms with van der Waals surface area (Å²) in [5, 5.41) is 9.23. The van der Waals surface area contributed by atoms with Gasteiger partial charge in [0, 0.05) is 16.3 Å². The maximum absolute atomic E-state index is 12.6. The van der Waals surface area contributed by atoms with Crippen molar-refractivity contribution in [1.29, 1.82) is 0 Å². The van der Waals surface area contributed by atoms with Crippen LogP contribution in [0.5, 0.6) is 0 Å². The number of ether oxygens (including phenoxy) is 1. The van der Waals surface area contributed by atoms with Gasteiger partial charge in [-0.15, -0.1) is 0 Å². The van der Waals surface area contributed by atoms with Crippen molar-refractivity contribution >= 4 is 23.3 Å². The monoisotopic (exact) mass is 339 g/mol. The molecule has 8 nitrogen and oxygen atoms in total. The fraction of sp³-hybridized carbons (Fsp3) is 0.176. The van der Waals surface area contributed by atoms with Crippen LogP contribution in [0.15, 0.2) is 59.7 Å². The lowest BCUT2D eigenvalue weighted by molar-refractivity contribution is -0.141. The summed E-state index contributed by atoms with van der Waals surface area (Å²) in [4.78, 5) is 26.7. The zero-order valence-electron chi connectivity index (χ0n) is 13.5. The van der Waals surface area contributed by atoms with Gasteiger partial charge < -0.3 is 15.4 Å². The van der Waals surface area contributed by atoms with Crippen LogP contribution in [0.2, 0.25) is 0 Å². The maximum atomic E-state index is 12.6. The van der Waals surface area contributed by atoms with Gasteiger partial charge in [0.15, 0.2) is 0 Å². The molecular weight excluding hydrogens is 322 g/mol. The first-order chi connectivity index (χ1) is 12.2. The second-order valence-electron chi connectivity index (χ2n) is 4.99. The number of benzene rings is 2.